The van der Waals surface area contributed by atoms with Crippen LogP contribution in [0.15, 0.2) is 22.9 Å². The zero-order valence-electron chi connectivity index (χ0n) is 12.4. The minimum absolute atomic E-state index is 0.173. The number of hydrogen-bond donors (Lipinski definition) is 1. The largest absolute Gasteiger partial charge is 0.384 e. The summed E-state index contributed by atoms with van der Waals surface area (Å²) in [5.41, 5.74) is 1.09. The molecule has 0 aromatic carbocycles. The number of amides is 1. The van der Waals surface area contributed by atoms with Crippen molar-refractivity contribution in [3.05, 3.63) is 28.6 Å². The molecule has 1 saturated heterocycles. The second-order valence-electron chi connectivity index (χ2n) is 5.40. The fourth-order valence-corrected chi connectivity index (χ4v) is 4.14. The molecule has 0 spiro atoms. The zero-order chi connectivity index (χ0) is 15.5. The van der Waals surface area contributed by atoms with E-state index < -0.39 is 6.10 Å². The second-order valence-corrected chi connectivity index (χ2v) is 7.20. The molecule has 3 heterocycles. The van der Waals surface area contributed by atoms with Gasteiger partial charge in [0, 0.05) is 38.1 Å². The number of aliphatic hydroxyl groups excluding tert-OH is 1. The lowest BCUT2D eigenvalue weighted by atomic mass is 10.2. The van der Waals surface area contributed by atoms with Gasteiger partial charge in [0.15, 0.2) is 0 Å². The fraction of sp³-hybridized carbons (Fsp3) is 0.467. The van der Waals surface area contributed by atoms with Crippen LogP contribution in [-0.2, 0) is 11.3 Å². The summed E-state index contributed by atoms with van der Waals surface area (Å²) in [7, 11) is 0. The summed E-state index contributed by atoms with van der Waals surface area (Å²) in [5, 5.41) is 14.6. The van der Waals surface area contributed by atoms with E-state index in [0.717, 1.165) is 30.3 Å². The van der Waals surface area contributed by atoms with E-state index in [1.165, 1.54) is 11.8 Å². The third-order valence-corrected chi connectivity index (χ3v) is 5.64. The monoisotopic (exact) mass is 337 g/mol. The second kappa shape index (κ2) is 6.87. The van der Waals surface area contributed by atoms with E-state index in [0.29, 0.717) is 13.1 Å². The maximum Gasteiger partial charge on any atom is 0.251 e. The van der Waals surface area contributed by atoms with E-state index >= 15 is 0 Å². The van der Waals surface area contributed by atoms with Crippen molar-refractivity contribution >= 4 is 28.6 Å². The molecule has 1 unspecified atom stereocenters. The number of thiazole rings is 1. The Morgan fingerprint density at radius 1 is 1.36 bits per heavy atom. The quantitative estimate of drug-likeness (QED) is 0.926. The molecular weight excluding hydrogens is 318 g/mol. The summed E-state index contributed by atoms with van der Waals surface area (Å²) in [6, 6.07) is 4.13. The average molecular weight is 337 g/mol. The number of rotatable bonds is 4. The van der Waals surface area contributed by atoms with Crippen LogP contribution in [0.25, 0.3) is 9.88 Å². The summed E-state index contributed by atoms with van der Waals surface area (Å²) in [4.78, 5) is 21.7. The van der Waals surface area contributed by atoms with Gasteiger partial charge in [-0.15, -0.1) is 22.7 Å². The molecule has 22 heavy (non-hydrogen) atoms. The Kier molecular flexibility index (Phi) is 4.87. The van der Waals surface area contributed by atoms with Crippen molar-refractivity contribution in [1.29, 1.82) is 0 Å². The molecule has 1 atom stereocenters. The molecule has 7 heteroatoms. The summed E-state index contributed by atoms with van der Waals surface area (Å²) in [6.07, 6.45) is -0.904. The molecule has 0 aliphatic carbocycles. The molecular formula is C15H19N3O2S2. The average Bonchev–Trinajstić information content (AvgIpc) is 3.18. The molecule has 0 saturated carbocycles. The molecule has 0 bridgehead atoms. The van der Waals surface area contributed by atoms with Crippen molar-refractivity contribution in [3.63, 3.8) is 0 Å². The number of aliphatic hydroxyl groups is 1. The maximum atomic E-state index is 11.7. The van der Waals surface area contributed by atoms with Gasteiger partial charge in [-0.3, -0.25) is 9.69 Å². The van der Waals surface area contributed by atoms with E-state index in [1.807, 2.05) is 6.07 Å². The van der Waals surface area contributed by atoms with Crippen LogP contribution in [0.3, 0.4) is 0 Å². The molecule has 3 rings (SSSR count). The fourth-order valence-electron chi connectivity index (χ4n) is 2.51. The van der Waals surface area contributed by atoms with Gasteiger partial charge in [0.25, 0.3) is 5.91 Å². The normalized spacial score (nSPS) is 17.6. The minimum Gasteiger partial charge on any atom is -0.384 e. The van der Waals surface area contributed by atoms with Crippen molar-refractivity contribution in [2.45, 2.75) is 19.6 Å². The first kappa shape index (κ1) is 15.6. The van der Waals surface area contributed by atoms with Crippen LogP contribution in [0.2, 0.25) is 0 Å². The first-order valence-corrected chi connectivity index (χ1v) is 9.07. The van der Waals surface area contributed by atoms with Gasteiger partial charge in [-0.25, -0.2) is 4.98 Å². The van der Waals surface area contributed by atoms with Gasteiger partial charge in [0.05, 0.1) is 10.6 Å². The van der Waals surface area contributed by atoms with Crippen LogP contribution >= 0.6 is 22.7 Å². The van der Waals surface area contributed by atoms with Crippen molar-refractivity contribution in [2.24, 2.45) is 0 Å². The predicted molar refractivity (Wildman–Crippen MR) is 89.0 cm³/mol. The minimum atomic E-state index is -0.904. The molecule has 1 N–H and O–H groups in total. The van der Waals surface area contributed by atoms with Crippen LogP contribution in [-0.4, -0.2) is 58.1 Å². The van der Waals surface area contributed by atoms with E-state index in [2.05, 4.69) is 21.7 Å². The third kappa shape index (κ3) is 3.55. The Hall–Kier alpha value is -1.28. The van der Waals surface area contributed by atoms with Gasteiger partial charge in [-0.2, -0.15) is 0 Å². The van der Waals surface area contributed by atoms with Gasteiger partial charge in [-0.05, 0) is 18.4 Å². The van der Waals surface area contributed by atoms with Crippen molar-refractivity contribution in [2.75, 3.05) is 26.2 Å². The number of thiophene rings is 1. The van der Waals surface area contributed by atoms with E-state index in [4.69, 9.17) is 4.98 Å². The zero-order valence-corrected chi connectivity index (χ0v) is 14.1. The summed E-state index contributed by atoms with van der Waals surface area (Å²) in [5.74, 6) is -0.173. The Morgan fingerprint density at radius 2 is 2.14 bits per heavy atom. The maximum absolute atomic E-state index is 11.7. The van der Waals surface area contributed by atoms with E-state index in [9.17, 15) is 9.90 Å². The van der Waals surface area contributed by atoms with Gasteiger partial charge >= 0.3 is 0 Å². The number of carbonyl (C=O) groups is 1. The first-order chi connectivity index (χ1) is 10.6. The highest BCUT2D eigenvalue weighted by atomic mass is 32.1. The smallest absolute Gasteiger partial charge is 0.251 e. The van der Waals surface area contributed by atoms with E-state index in [-0.39, 0.29) is 5.91 Å². The number of carbonyl (C=O) groups excluding carboxylic acids is 1. The summed E-state index contributed by atoms with van der Waals surface area (Å²) < 4.78 is 0. The lowest BCUT2D eigenvalue weighted by molar-refractivity contribution is -0.141. The lowest BCUT2D eigenvalue weighted by Crippen LogP contribution is -2.50. The molecule has 1 amide bonds. The van der Waals surface area contributed by atoms with E-state index in [1.54, 1.807) is 27.6 Å². The molecule has 2 aromatic rings. The molecule has 118 valence electrons. The van der Waals surface area contributed by atoms with Crippen LogP contribution < -0.4 is 0 Å². The first-order valence-electron chi connectivity index (χ1n) is 7.31. The number of nitrogens with zero attached hydrogens (tertiary/aromatic N) is 3. The molecule has 5 nitrogen and oxygen atoms in total. The molecule has 1 aliphatic heterocycles. The van der Waals surface area contributed by atoms with Crippen molar-refractivity contribution < 1.29 is 9.90 Å². The standard InChI is InChI=1S/C15H19N3O2S2/c1-11(19)15(20)18-6-4-17(5-7-18)9-12-10-22-14(16-12)13-3-2-8-21-13/h2-3,8,10-11,19H,4-7,9H2,1H3. The van der Waals surface area contributed by atoms with Crippen LogP contribution in [0.4, 0.5) is 0 Å². The van der Waals surface area contributed by atoms with Crippen LogP contribution in [0.5, 0.6) is 0 Å². The Bertz CT molecular complexity index is 617. The van der Waals surface area contributed by atoms with Crippen LogP contribution in [0, 0.1) is 0 Å². The molecule has 0 radical (unpaired) electrons. The lowest BCUT2D eigenvalue weighted by Gasteiger charge is -2.34. The van der Waals surface area contributed by atoms with Gasteiger partial charge in [-0.1, -0.05) is 6.07 Å². The molecule has 1 fully saturated rings. The van der Waals surface area contributed by atoms with Gasteiger partial charge in [0.2, 0.25) is 0 Å². The Balaban J connectivity index is 1.54. The number of piperazine rings is 1. The highest BCUT2D eigenvalue weighted by Crippen LogP contribution is 2.28. The predicted octanol–water partition coefficient (Wildman–Crippen LogP) is 1.90. The Morgan fingerprint density at radius 3 is 2.77 bits per heavy atom. The highest BCUT2D eigenvalue weighted by Gasteiger charge is 2.24. The van der Waals surface area contributed by atoms with Crippen molar-refractivity contribution in [1.82, 2.24) is 14.8 Å². The summed E-state index contributed by atoms with van der Waals surface area (Å²) in [6.45, 7) is 5.33. The summed E-state index contributed by atoms with van der Waals surface area (Å²) >= 11 is 3.39. The number of hydrogen-bond acceptors (Lipinski definition) is 6. The molecule has 1 aliphatic rings. The third-order valence-electron chi connectivity index (χ3n) is 3.71. The highest BCUT2D eigenvalue weighted by molar-refractivity contribution is 7.20. The Labute approximate surface area is 137 Å². The van der Waals surface area contributed by atoms with Crippen molar-refractivity contribution in [3.8, 4) is 9.88 Å². The van der Waals surface area contributed by atoms with Gasteiger partial charge < -0.3 is 10.0 Å². The topological polar surface area (TPSA) is 56.7 Å². The SMILES string of the molecule is CC(O)C(=O)N1CCN(Cc2csc(-c3cccs3)n2)CC1. The van der Waals surface area contributed by atoms with Crippen LogP contribution in [0.1, 0.15) is 12.6 Å². The van der Waals surface area contributed by atoms with Gasteiger partial charge in [0.1, 0.15) is 11.1 Å². The number of aromatic nitrogens is 1. The molecule has 2 aromatic heterocycles.